The Balaban J connectivity index is 2.25. The van der Waals surface area contributed by atoms with E-state index in [1.807, 2.05) is 12.1 Å². The molecule has 0 spiro atoms. The molecule has 1 N–H and O–H groups in total. The Labute approximate surface area is 136 Å². The van der Waals surface area contributed by atoms with Crippen LogP contribution in [-0.4, -0.2) is 19.2 Å². The second-order valence-electron chi connectivity index (χ2n) is 3.79. The first-order valence-electron chi connectivity index (χ1n) is 5.52. The molecule has 1 aromatic heterocycles. The summed E-state index contributed by atoms with van der Waals surface area (Å²) in [6.07, 6.45) is 0. The van der Waals surface area contributed by atoms with Crippen molar-refractivity contribution in [3.8, 4) is 11.5 Å². The zero-order chi connectivity index (χ0) is 14.7. The molecule has 3 nitrogen and oxygen atoms in total. The largest absolute Gasteiger partial charge is 0.497 e. The number of halogens is 2. The number of methoxy groups -OCH3 is 2. The summed E-state index contributed by atoms with van der Waals surface area (Å²) in [4.78, 5) is 0.494. The van der Waals surface area contributed by atoms with Crippen molar-refractivity contribution in [1.82, 2.24) is 0 Å². The van der Waals surface area contributed by atoms with Crippen LogP contribution in [0, 0.1) is 0 Å². The number of ether oxygens (including phenoxy) is 2. The van der Waals surface area contributed by atoms with Gasteiger partial charge in [0, 0.05) is 29.4 Å². The highest BCUT2D eigenvalue weighted by Crippen LogP contribution is 2.32. The molecule has 2 aromatic rings. The summed E-state index contributed by atoms with van der Waals surface area (Å²) in [5, 5.41) is 3.10. The van der Waals surface area contributed by atoms with E-state index in [1.165, 1.54) is 11.3 Å². The highest BCUT2D eigenvalue weighted by atomic mass is 35.5. The van der Waals surface area contributed by atoms with Crippen LogP contribution in [0.25, 0.3) is 0 Å². The third-order valence-corrected chi connectivity index (χ3v) is 4.32. The van der Waals surface area contributed by atoms with Gasteiger partial charge in [0.25, 0.3) is 0 Å². The van der Waals surface area contributed by atoms with Gasteiger partial charge < -0.3 is 14.8 Å². The first-order chi connectivity index (χ1) is 9.53. The van der Waals surface area contributed by atoms with Crippen LogP contribution in [-0.2, 0) is 0 Å². The predicted molar refractivity (Wildman–Crippen MR) is 89.2 cm³/mol. The molecule has 0 saturated carbocycles. The monoisotopic (exact) mass is 347 g/mol. The van der Waals surface area contributed by atoms with E-state index in [1.54, 1.807) is 26.4 Å². The van der Waals surface area contributed by atoms with Gasteiger partial charge in [-0.3, -0.25) is 0 Å². The van der Waals surface area contributed by atoms with E-state index in [0.29, 0.717) is 30.7 Å². The average molecular weight is 348 g/mol. The third kappa shape index (κ3) is 3.55. The normalized spacial score (nSPS) is 10.2. The zero-order valence-corrected chi connectivity index (χ0v) is 13.8. The van der Waals surface area contributed by atoms with Crippen LogP contribution >= 0.6 is 46.8 Å². The second kappa shape index (κ2) is 6.63. The van der Waals surface area contributed by atoms with E-state index in [-0.39, 0.29) is 0 Å². The van der Waals surface area contributed by atoms with Crippen LogP contribution in [0.1, 0.15) is 5.56 Å². The fourth-order valence-corrected chi connectivity index (χ4v) is 3.45. The van der Waals surface area contributed by atoms with Crippen molar-refractivity contribution in [3.63, 3.8) is 0 Å². The maximum atomic E-state index is 6.08. The van der Waals surface area contributed by atoms with Gasteiger partial charge in [-0.05, 0) is 6.07 Å². The molecular weight excluding hydrogens is 337 g/mol. The smallest absolute Gasteiger partial charge is 0.124 e. The number of rotatable bonds is 4. The lowest BCUT2D eigenvalue weighted by molar-refractivity contribution is 0.395. The molecule has 0 aliphatic rings. The van der Waals surface area contributed by atoms with E-state index < -0.39 is 0 Å². The molecule has 0 radical (unpaired) electrons. The van der Waals surface area contributed by atoms with Gasteiger partial charge in [0.1, 0.15) is 20.8 Å². The maximum absolute atomic E-state index is 6.08. The molecule has 1 aromatic carbocycles. The topological polar surface area (TPSA) is 30.5 Å². The summed E-state index contributed by atoms with van der Waals surface area (Å²) in [6, 6.07) is 7.15. The summed E-state index contributed by atoms with van der Waals surface area (Å²) < 4.78 is 11.6. The van der Waals surface area contributed by atoms with Gasteiger partial charge in [0.15, 0.2) is 0 Å². The zero-order valence-electron chi connectivity index (χ0n) is 10.7. The van der Waals surface area contributed by atoms with E-state index in [4.69, 9.17) is 44.9 Å². The number of anilines is 1. The van der Waals surface area contributed by atoms with Gasteiger partial charge in [-0.25, -0.2) is 0 Å². The Hall–Kier alpha value is -1.01. The minimum absolute atomic E-state index is 0.494. The van der Waals surface area contributed by atoms with Gasteiger partial charge in [-0.2, -0.15) is 0 Å². The summed E-state index contributed by atoms with van der Waals surface area (Å²) >= 11 is 18.6. The van der Waals surface area contributed by atoms with Gasteiger partial charge in [0.05, 0.1) is 18.6 Å². The molecule has 1 heterocycles. The highest BCUT2D eigenvalue weighted by Gasteiger charge is 2.12. The average Bonchev–Trinajstić information content (AvgIpc) is 2.77. The van der Waals surface area contributed by atoms with Crippen molar-refractivity contribution in [2.24, 2.45) is 0 Å². The van der Waals surface area contributed by atoms with Gasteiger partial charge in [-0.1, -0.05) is 35.4 Å². The molecule has 0 aliphatic heterocycles. The van der Waals surface area contributed by atoms with Crippen molar-refractivity contribution in [3.05, 3.63) is 38.5 Å². The Morgan fingerprint density at radius 2 is 1.70 bits per heavy atom. The van der Waals surface area contributed by atoms with Gasteiger partial charge >= 0.3 is 0 Å². The number of benzene rings is 1. The van der Waals surface area contributed by atoms with Crippen LogP contribution in [0.5, 0.6) is 11.5 Å². The lowest BCUT2D eigenvalue weighted by Crippen LogP contribution is -2.10. The van der Waals surface area contributed by atoms with Crippen LogP contribution in [0.15, 0.2) is 24.3 Å². The molecular formula is C13H11Cl2NO2S2. The van der Waals surface area contributed by atoms with Gasteiger partial charge in [-0.15, -0.1) is 11.3 Å². The summed E-state index contributed by atoms with van der Waals surface area (Å²) in [5.74, 6) is 1.34. The molecule has 0 unspecified atom stereocenters. The number of nitrogens with one attached hydrogen (secondary N) is 1. The number of hydrogen-bond acceptors (Lipinski definition) is 4. The second-order valence-corrected chi connectivity index (χ2v) is 6.49. The lowest BCUT2D eigenvalue weighted by atomic mass is 10.2. The minimum atomic E-state index is 0.494. The first-order valence-corrected chi connectivity index (χ1v) is 7.51. The molecule has 106 valence electrons. The van der Waals surface area contributed by atoms with E-state index in [9.17, 15) is 0 Å². The fraction of sp³-hybridized carbons (Fsp3) is 0.154. The lowest BCUT2D eigenvalue weighted by Gasteiger charge is -2.11. The molecule has 0 amide bonds. The first kappa shape index (κ1) is 15.4. The SMILES string of the molecule is COc1cc(NC(=S)c2cc(Cl)sc2Cl)cc(OC)c1. The summed E-state index contributed by atoms with van der Waals surface area (Å²) in [6.45, 7) is 0. The standard InChI is InChI=1S/C13H11Cl2NO2S2/c1-17-8-3-7(4-9(5-8)18-2)16-13(19)10-6-11(14)20-12(10)15/h3-6H,1-2H3,(H,16,19). The molecule has 7 heteroatoms. The third-order valence-electron chi connectivity index (χ3n) is 2.51. The Morgan fingerprint density at radius 3 is 2.15 bits per heavy atom. The van der Waals surface area contributed by atoms with Crippen molar-refractivity contribution in [2.45, 2.75) is 0 Å². The molecule has 0 atom stereocenters. The quantitative estimate of drug-likeness (QED) is 0.800. The van der Waals surface area contributed by atoms with Crippen molar-refractivity contribution < 1.29 is 9.47 Å². The molecule has 20 heavy (non-hydrogen) atoms. The number of thiocarbonyl (C=S) groups is 1. The van der Waals surface area contributed by atoms with Crippen LogP contribution in [0.4, 0.5) is 5.69 Å². The minimum Gasteiger partial charge on any atom is -0.497 e. The van der Waals surface area contributed by atoms with Crippen molar-refractivity contribution in [2.75, 3.05) is 19.5 Å². The van der Waals surface area contributed by atoms with Crippen LogP contribution in [0.2, 0.25) is 8.67 Å². The molecule has 0 saturated heterocycles. The van der Waals surface area contributed by atoms with Crippen molar-refractivity contribution >= 4 is 57.4 Å². The summed E-state index contributed by atoms with van der Waals surface area (Å²) in [5.41, 5.74) is 1.46. The van der Waals surface area contributed by atoms with E-state index in [2.05, 4.69) is 5.32 Å². The molecule has 2 rings (SSSR count). The number of thiophene rings is 1. The molecule has 0 bridgehead atoms. The maximum Gasteiger partial charge on any atom is 0.124 e. The van der Waals surface area contributed by atoms with Crippen LogP contribution < -0.4 is 14.8 Å². The number of hydrogen-bond donors (Lipinski definition) is 1. The molecule has 0 fully saturated rings. The van der Waals surface area contributed by atoms with Crippen molar-refractivity contribution in [1.29, 1.82) is 0 Å². The van der Waals surface area contributed by atoms with E-state index in [0.717, 1.165) is 5.69 Å². The molecule has 0 aliphatic carbocycles. The summed E-state index contributed by atoms with van der Waals surface area (Å²) in [7, 11) is 3.18. The fourth-order valence-electron chi connectivity index (χ4n) is 1.57. The predicted octanol–water partition coefficient (Wildman–Crippen LogP) is 4.86. The van der Waals surface area contributed by atoms with Crippen LogP contribution in [0.3, 0.4) is 0 Å². The van der Waals surface area contributed by atoms with E-state index >= 15 is 0 Å². The highest BCUT2D eigenvalue weighted by molar-refractivity contribution is 7.81. The Bertz CT molecular complexity index is 621. The van der Waals surface area contributed by atoms with Gasteiger partial charge in [0.2, 0.25) is 0 Å². The Morgan fingerprint density at radius 1 is 1.10 bits per heavy atom. The Kier molecular flexibility index (Phi) is 5.10.